The number of aromatic carboxylic acids is 1. The van der Waals surface area contributed by atoms with Crippen molar-refractivity contribution >= 4 is 23.0 Å². The number of hydrogen-bond acceptors (Lipinski definition) is 3. The molecule has 2 rings (SSSR count). The normalized spacial score (nSPS) is 11.4. The maximum absolute atomic E-state index is 12.6. The molecule has 2 aromatic rings. The van der Waals surface area contributed by atoms with Gasteiger partial charge in [-0.15, -0.1) is 0 Å². The van der Waals surface area contributed by atoms with E-state index in [0.717, 1.165) is 23.3 Å². The minimum atomic E-state index is -4.56. The second kappa shape index (κ2) is 5.77. The largest absolute Gasteiger partial charge is 0.478 e. The molecule has 1 aromatic carbocycles. The highest BCUT2D eigenvalue weighted by Crippen LogP contribution is 2.32. The van der Waals surface area contributed by atoms with Crippen LogP contribution < -0.4 is 5.32 Å². The Kier molecular flexibility index (Phi) is 4.22. The summed E-state index contributed by atoms with van der Waals surface area (Å²) >= 11 is 1.51. The van der Waals surface area contributed by atoms with Gasteiger partial charge in [-0.05, 0) is 47.0 Å². The van der Waals surface area contributed by atoms with Crippen LogP contribution in [0, 0.1) is 6.92 Å². The van der Waals surface area contributed by atoms with Crippen LogP contribution in [0.1, 0.15) is 27.0 Å². The molecule has 0 spiro atoms. The van der Waals surface area contributed by atoms with Crippen LogP contribution in [0.5, 0.6) is 0 Å². The second-order valence-corrected chi connectivity index (χ2v) is 5.24. The molecule has 0 fully saturated rings. The first-order chi connectivity index (χ1) is 9.79. The Bertz CT molecular complexity index is 664. The third-order valence-corrected chi connectivity index (χ3v) is 3.92. The van der Waals surface area contributed by atoms with Crippen LogP contribution in [0.15, 0.2) is 29.0 Å². The zero-order valence-corrected chi connectivity index (χ0v) is 11.8. The highest BCUT2D eigenvalue weighted by Gasteiger charge is 2.31. The van der Waals surface area contributed by atoms with E-state index in [-0.39, 0.29) is 5.69 Å². The average molecular weight is 315 g/mol. The monoisotopic (exact) mass is 315 g/mol. The number of carboxylic acids is 1. The lowest BCUT2D eigenvalue weighted by atomic mass is 10.1. The fourth-order valence-corrected chi connectivity index (χ4v) is 2.67. The number of anilines is 1. The highest BCUT2D eigenvalue weighted by molar-refractivity contribution is 7.08. The molecule has 7 heteroatoms. The predicted octanol–water partition coefficient (Wildman–Crippen LogP) is 4.39. The number of alkyl halides is 3. The van der Waals surface area contributed by atoms with Gasteiger partial charge < -0.3 is 10.4 Å². The third-order valence-electron chi connectivity index (χ3n) is 3.01. The van der Waals surface area contributed by atoms with E-state index in [1.54, 1.807) is 0 Å². The zero-order valence-electron chi connectivity index (χ0n) is 11.0. The minimum absolute atomic E-state index is 0.168. The summed E-state index contributed by atoms with van der Waals surface area (Å²) in [5.41, 5.74) is 0.837. The van der Waals surface area contributed by atoms with Crippen molar-refractivity contribution in [3.05, 3.63) is 51.2 Å². The lowest BCUT2D eigenvalue weighted by molar-refractivity contribution is -0.137. The first-order valence-electron chi connectivity index (χ1n) is 5.99. The quantitative estimate of drug-likeness (QED) is 0.880. The molecule has 1 aromatic heterocycles. The molecule has 0 atom stereocenters. The molecule has 1 heterocycles. The number of nitrogens with one attached hydrogen (secondary N) is 1. The molecule has 21 heavy (non-hydrogen) atoms. The fraction of sp³-hybridized carbons (Fsp3) is 0.214. The van der Waals surface area contributed by atoms with Crippen molar-refractivity contribution < 1.29 is 23.1 Å². The zero-order chi connectivity index (χ0) is 15.6. The van der Waals surface area contributed by atoms with Gasteiger partial charge in [-0.2, -0.15) is 24.5 Å². The standard InChI is InChI=1S/C14H12F3NO2S/c1-8-6-21-7-9(8)5-18-12-3-2-10(14(15,16)17)4-11(12)13(19)20/h2-4,6-7,18H,5H2,1H3,(H,19,20). The van der Waals surface area contributed by atoms with Gasteiger partial charge in [0.1, 0.15) is 0 Å². The highest BCUT2D eigenvalue weighted by atomic mass is 32.1. The molecule has 0 amide bonds. The van der Waals surface area contributed by atoms with E-state index >= 15 is 0 Å². The molecule has 3 nitrogen and oxygen atoms in total. The van der Waals surface area contributed by atoms with Crippen molar-refractivity contribution in [1.82, 2.24) is 0 Å². The predicted molar refractivity (Wildman–Crippen MR) is 74.8 cm³/mol. The smallest absolute Gasteiger partial charge is 0.416 e. The van der Waals surface area contributed by atoms with Gasteiger partial charge in [-0.3, -0.25) is 0 Å². The molecule has 0 bridgehead atoms. The molecule has 0 aliphatic heterocycles. The van der Waals surface area contributed by atoms with Crippen LogP contribution in [0.3, 0.4) is 0 Å². The second-order valence-electron chi connectivity index (χ2n) is 4.50. The molecule has 0 aliphatic rings. The Balaban J connectivity index is 2.27. The average Bonchev–Trinajstić information content (AvgIpc) is 2.80. The Labute approximate surface area is 123 Å². The fourth-order valence-electron chi connectivity index (χ4n) is 1.81. The van der Waals surface area contributed by atoms with Crippen LogP contribution >= 0.6 is 11.3 Å². The third kappa shape index (κ3) is 3.55. The Morgan fingerprint density at radius 3 is 2.57 bits per heavy atom. The van der Waals surface area contributed by atoms with Crippen LogP contribution in [0.25, 0.3) is 0 Å². The number of carbonyl (C=O) groups is 1. The van der Waals surface area contributed by atoms with Gasteiger partial charge in [-0.25, -0.2) is 4.79 Å². The lowest BCUT2D eigenvalue weighted by Gasteiger charge is -2.13. The Hall–Kier alpha value is -2.02. The summed E-state index contributed by atoms with van der Waals surface area (Å²) in [5, 5.41) is 15.8. The van der Waals surface area contributed by atoms with Crippen LogP contribution in [0.4, 0.5) is 18.9 Å². The maximum Gasteiger partial charge on any atom is 0.416 e. The van der Waals surface area contributed by atoms with Gasteiger partial charge in [0, 0.05) is 12.2 Å². The summed E-state index contributed by atoms with van der Waals surface area (Å²) in [5.74, 6) is -1.40. The molecule has 0 radical (unpaired) electrons. The van der Waals surface area contributed by atoms with Crippen molar-refractivity contribution in [3.63, 3.8) is 0 Å². The summed E-state index contributed by atoms with van der Waals surface area (Å²) < 4.78 is 37.8. The number of benzene rings is 1. The molecule has 0 unspecified atom stereocenters. The van der Waals surface area contributed by atoms with Crippen molar-refractivity contribution in [2.75, 3.05) is 5.32 Å². The molecular formula is C14H12F3NO2S. The van der Waals surface area contributed by atoms with Crippen molar-refractivity contribution in [2.24, 2.45) is 0 Å². The summed E-state index contributed by atoms with van der Waals surface area (Å²) in [7, 11) is 0. The van der Waals surface area contributed by atoms with Crippen LogP contribution in [-0.4, -0.2) is 11.1 Å². The molecule has 112 valence electrons. The van der Waals surface area contributed by atoms with Gasteiger partial charge >= 0.3 is 12.1 Å². The van der Waals surface area contributed by atoms with Gasteiger partial charge in [-0.1, -0.05) is 0 Å². The number of halogens is 3. The van der Waals surface area contributed by atoms with Crippen molar-refractivity contribution in [3.8, 4) is 0 Å². The van der Waals surface area contributed by atoms with Gasteiger partial charge in [0.2, 0.25) is 0 Å². The number of rotatable bonds is 4. The van der Waals surface area contributed by atoms with Gasteiger partial charge in [0.05, 0.1) is 11.1 Å². The number of carboxylic acid groups (broad SMARTS) is 1. The van der Waals surface area contributed by atoms with Crippen LogP contribution in [-0.2, 0) is 12.7 Å². The topological polar surface area (TPSA) is 49.3 Å². The van der Waals surface area contributed by atoms with Gasteiger partial charge in [0.15, 0.2) is 0 Å². The van der Waals surface area contributed by atoms with E-state index in [9.17, 15) is 18.0 Å². The van der Waals surface area contributed by atoms with E-state index in [1.807, 2.05) is 17.7 Å². The van der Waals surface area contributed by atoms with E-state index in [0.29, 0.717) is 12.6 Å². The first kappa shape index (κ1) is 15.4. The maximum atomic E-state index is 12.6. The summed E-state index contributed by atoms with van der Waals surface area (Å²) in [4.78, 5) is 11.1. The van der Waals surface area contributed by atoms with Crippen LogP contribution in [0.2, 0.25) is 0 Å². The molecule has 0 saturated heterocycles. The SMILES string of the molecule is Cc1cscc1CNc1ccc(C(F)(F)F)cc1C(=O)O. The van der Waals surface area contributed by atoms with Crippen molar-refractivity contribution in [1.29, 1.82) is 0 Å². The summed E-state index contributed by atoms with van der Waals surface area (Å²) in [6.07, 6.45) is -4.56. The Morgan fingerprint density at radius 2 is 2.05 bits per heavy atom. The van der Waals surface area contributed by atoms with E-state index in [1.165, 1.54) is 11.3 Å². The number of thiophene rings is 1. The van der Waals surface area contributed by atoms with E-state index in [4.69, 9.17) is 5.11 Å². The molecule has 0 aliphatic carbocycles. The Morgan fingerprint density at radius 1 is 1.33 bits per heavy atom. The van der Waals surface area contributed by atoms with Gasteiger partial charge in [0.25, 0.3) is 0 Å². The van der Waals surface area contributed by atoms with E-state index < -0.39 is 23.3 Å². The molecular weight excluding hydrogens is 303 g/mol. The van der Waals surface area contributed by atoms with E-state index in [2.05, 4.69) is 5.32 Å². The first-order valence-corrected chi connectivity index (χ1v) is 6.93. The van der Waals surface area contributed by atoms with Crippen molar-refractivity contribution in [2.45, 2.75) is 19.6 Å². The number of aryl methyl sites for hydroxylation is 1. The molecule has 0 saturated carbocycles. The minimum Gasteiger partial charge on any atom is -0.478 e. The number of hydrogen-bond donors (Lipinski definition) is 2. The molecule has 2 N–H and O–H groups in total. The summed E-state index contributed by atoms with van der Waals surface area (Å²) in [6.45, 7) is 2.28. The lowest BCUT2D eigenvalue weighted by Crippen LogP contribution is -2.11. The summed E-state index contributed by atoms with van der Waals surface area (Å²) in [6, 6.07) is 2.66.